The SMILES string of the molecule is CC(=O)N1CCC(N)CC1.CCS(=O)(=O)c1ncc(C(=O)c2cc(Cl)ccc2OC)c(N)n1.COc1ccc(Cl)cc1C(=O)c1cnc(NC2CCN(C(C)=O)CC2)nc1N. The number of hydrogen-bond acceptors (Lipinski definition) is 16. The van der Waals surface area contributed by atoms with Gasteiger partial charge in [0.05, 0.1) is 42.2 Å². The lowest BCUT2D eigenvalue weighted by atomic mass is 10.0. The van der Waals surface area contributed by atoms with Crippen molar-refractivity contribution < 1.29 is 37.1 Å². The van der Waals surface area contributed by atoms with Crippen molar-refractivity contribution in [2.24, 2.45) is 5.73 Å². The third-order valence-corrected chi connectivity index (χ3v) is 11.8. The van der Waals surface area contributed by atoms with Crippen molar-refractivity contribution in [3.63, 3.8) is 0 Å². The van der Waals surface area contributed by atoms with Gasteiger partial charge in [-0.1, -0.05) is 30.1 Å². The maximum absolute atomic E-state index is 12.8. The third kappa shape index (κ3) is 12.9. The molecule has 2 aliphatic heterocycles. The Morgan fingerprint density at radius 2 is 1.18 bits per heavy atom. The van der Waals surface area contributed by atoms with E-state index in [1.807, 2.05) is 9.80 Å². The molecule has 21 heteroatoms. The monoisotopic (exact) mass is 900 g/mol. The van der Waals surface area contributed by atoms with Crippen LogP contribution in [0, 0.1) is 0 Å². The quantitative estimate of drug-likeness (QED) is 0.129. The zero-order valence-corrected chi connectivity index (χ0v) is 36.8. The number of rotatable bonds is 10. The van der Waals surface area contributed by atoms with Gasteiger partial charge in [-0.25, -0.2) is 23.4 Å². The number of ether oxygens (including phenoxy) is 2. The van der Waals surface area contributed by atoms with Crippen LogP contribution in [0.4, 0.5) is 17.6 Å². The van der Waals surface area contributed by atoms with E-state index in [-0.39, 0.29) is 57.7 Å². The summed E-state index contributed by atoms with van der Waals surface area (Å²) in [5, 5.41) is 3.57. The standard InChI is InChI=1S/C19H22ClN5O3.C14H14ClN3O4S.C7H14N2O/c1-11(26)25-7-5-13(6-8-25)23-19-22-10-15(18(21)24-19)17(27)14-9-12(20)3-4-16(14)28-2;1-3-23(20,21)14-17-7-10(13(16)18-14)12(19)9-6-8(15)4-5-11(9)22-2;1-6(10)9-4-2-7(8)3-5-9/h3-4,9-10,13H,5-8H2,1-2H3,(H3,21,22,23,24);4-7H,3H2,1-2H3,(H2,16,17,18);7H,2-5,8H2,1H3. The first kappa shape index (κ1) is 48.0. The Hall–Kier alpha value is -5.63. The summed E-state index contributed by atoms with van der Waals surface area (Å²) in [4.78, 5) is 67.2. The first-order valence-electron chi connectivity index (χ1n) is 19.2. The molecule has 0 spiro atoms. The summed E-state index contributed by atoms with van der Waals surface area (Å²) in [6.45, 7) is 7.71. The largest absolute Gasteiger partial charge is 0.496 e. The molecule has 2 aromatic heterocycles. The van der Waals surface area contributed by atoms with Crippen LogP contribution in [0.25, 0.3) is 0 Å². The number of aromatic nitrogens is 4. The fraction of sp³-hybridized carbons (Fsp3) is 0.400. The second-order valence-corrected chi connectivity index (χ2v) is 17.0. The number of anilines is 3. The Morgan fingerprint density at radius 1 is 0.738 bits per heavy atom. The Morgan fingerprint density at radius 3 is 1.59 bits per heavy atom. The molecule has 4 aromatic rings. The number of carbonyl (C=O) groups is 4. The summed E-state index contributed by atoms with van der Waals surface area (Å²) in [7, 11) is -0.717. The van der Waals surface area contributed by atoms with Crippen molar-refractivity contribution in [1.29, 1.82) is 0 Å². The van der Waals surface area contributed by atoms with E-state index < -0.39 is 20.8 Å². The number of sulfone groups is 1. The van der Waals surface area contributed by atoms with E-state index in [1.165, 1.54) is 39.5 Å². The lowest BCUT2D eigenvalue weighted by Crippen LogP contribution is -2.41. The third-order valence-electron chi connectivity index (χ3n) is 9.83. The predicted octanol–water partition coefficient (Wildman–Crippen LogP) is 4.08. The molecule has 2 aromatic carbocycles. The van der Waals surface area contributed by atoms with Crippen LogP contribution in [0.1, 0.15) is 78.3 Å². The number of carbonyl (C=O) groups excluding carboxylic acids is 4. The van der Waals surface area contributed by atoms with E-state index in [9.17, 15) is 27.6 Å². The van der Waals surface area contributed by atoms with Crippen molar-refractivity contribution in [2.45, 2.75) is 63.7 Å². The molecular formula is C40H50Cl2N10O8S. The second kappa shape index (κ2) is 21.8. The molecule has 18 nitrogen and oxygen atoms in total. The minimum Gasteiger partial charge on any atom is -0.496 e. The molecule has 0 saturated carbocycles. The molecule has 6 rings (SSSR count). The molecule has 4 heterocycles. The Kier molecular flexibility index (Phi) is 17.1. The molecule has 2 fully saturated rings. The van der Waals surface area contributed by atoms with Crippen LogP contribution in [0.15, 0.2) is 53.9 Å². The second-order valence-electron chi connectivity index (χ2n) is 14.0. The number of amides is 2. The van der Waals surface area contributed by atoms with E-state index >= 15 is 0 Å². The van der Waals surface area contributed by atoms with Crippen LogP contribution >= 0.6 is 23.2 Å². The molecule has 2 saturated heterocycles. The molecule has 0 bridgehead atoms. The van der Waals surface area contributed by atoms with Crippen LogP contribution in [-0.4, -0.2) is 120 Å². The first-order chi connectivity index (χ1) is 28.9. The summed E-state index contributed by atoms with van der Waals surface area (Å²) < 4.78 is 33.8. The molecule has 2 aliphatic rings. The van der Waals surface area contributed by atoms with Crippen LogP contribution in [0.2, 0.25) is 10.0 Å². The molecule has 61 heavy (non-hydrogen) atoms. The highest BCUT2D eigenvalue weighted by molar-refractivity contribution is 7.91. The molecule has 0 aliphatic carbocycles. The Bertz CT molecular complexity index is 2340. The van der Waals surface area contributed by atoms with Gasteiger partial charge in [0.15, 0.2) is 0 Å². The van der Waals surface area contributed by atoms with Crippen LogP contribution in [-0.2, 0) is 19.4 Å². The number of nitrogens with two attached hydrogens (primary N) is 3. The summed E-state index contributed by atoms with van der Waals surface area (Å²) in [6.07, 6.45) is 6.00. The van der Waals surface area contributed by atoms with Crippen LogP contribution in [0.5, 0.6) is 11.5 Å². The van der Waals surface area contributed by atoms with Crippen molar-refractivity contribution in [1.82, 2.24) is 29.7 Å². The molecule has 0 atom stereocenters. The van der Waals surface area contributed by atoms with Gasteiger partial charge < -0.3 is 41.8 Å². The number of nitrogen functional groups attached to an aromatic ring is 2. The van der Waals surface area contributed by atoms with Crippen molar-refractivity contribution >= 4 is 74.0 Å². The van der Waals surface area contributed by atoms with E-state index in [0.29, 0.717) is 52.2 Å². The van der Waals surface area contributed by atoms with Gasteiger partial charge in [-0.15, -0.1) is 0 Å². The van der Waals surface area contributed by atoms with Gasteiger partial charge in [-0.2, -0.15) is 4.98 Å². The molecule has 2 amide bonds. The zero-order chi connectivity index (χ0) is 45.0. The lowest BCUT2D eigenvalue weighted by Gasteiger charge is -2.31. The topological polar surface area (TPSA) is 269 Å². The molecule has 0 unspecified atom stereocenters. The summed E-state index contributed by atoms with van der Waals surface area (Å²) >= 11 is 11.9. The smallest absolute Gasteiger partial charge is 0.249 e. The van der Waals surface area contributed by atoms with E-state index in [0.717, 1.165) is 45.0 Å². The van der Waals surface area contributed by atoms with E-state index in [1.54, 1.807) is 38.1 Å². The lowest BCUT2D eigenvalue weighted by molar-refractivity contribution is -0.130. The fourth-order valence-electron chi connectivity index (χ4n) is 6.21. The maximum Gasteiger partial charge on any atom is 0.249 e. The fourth-order valence-corrected chi connectivity index (χ4v) is 7.27. The molecule has 328 valence electrons. The number of ketones is 2. The summed E-state index contributed by atoms with van der Waals surface area (Å²) in [5.74, 6) is 0.128. The number of piperidine rings is 2. The van der Waals surface area contributed by atoms with Crippen molar-refractivity contribution in [3.05, 3.63) is 81.1 Å². The highest BCUT2D eigenvalue weighted by Gasteiger charge is 2.25. The van der Waals surface area contributed by atoms with Gasteiger partial charge in [-0.05, 0) is 62.1 Å². The average molecular weight is 902 g/mol. The number of benzene rings is 2. The number of nitrogens with one attached hydrogen (secondary N) is 1. The first-order valence-corrected chi connectivity index (χ1v) is 21.6. The van der Waals surface area contributed by atoms with Crippen molar-refractivity contribution in [3.8, 4) is 11.5 Å². The molecule has 0 radical (unpaired) electrons. The van der Waals surface area contributed by atoms with Gasteiger partial charge in [0, 0.05) is 74.5 Å². The normalized spacial score (nSPS) is 14.4. The average Bonchev–Trinajstić information content (AvgIpc) is 3.24. The number of likely N-dealkylation sites (tertiary alicyclic amines) is 2. The van der Waals surface area contributed by atoms with Gasteiger partial charge >= 0.3 is 0 Å². The summed E-state index contributed by atoms with van der Waals surface area (Å²) in [6, 6.07) is 9.80. The van der Waals surface area contributed by atoms with Crippen molar-refractivity contribution in [2.75, 3.05) is 62.9 Å². The Balaban J connectivity index is 0.000000222. The van der Waals surface area contributed by atoms with Crippen LogP contribution < -0.4 is 32.0 Å². The number of methoxy groups -OCH3 is 2. The number of halogens is 2. The van der Waals surface area contributed by atoms with Gasteiger partial charge in [0.1, 0.15) is 23.1 Å². The zero-order valence-electron chi connectivity index (χ0n) is 34.5. The Labute approximate surface area is 364 Å². The minimum atomic E-state index is -3.61. The van der Waals surface area contributed by atoms with Crippen LogP contribution in [0.3, 0.4) is 0 Å². The predicted molar refractivity (Wildman–Crippen MR) is 232 cm³/mol. The van der Waals surface area contributed by atoms with E-state index in [4.69, 9.17) is 49.9 Å². The van der Waals surface area contributed by atoms with E-state index in [2.05, 4.69) is 25.3 Å². The van der Waals surface area contributed by atoms with Gasteiger partial charge in [-0.3, -0.25) is 19.2 Å². The molecular weight excluding hydrogens is 851 g/mol. The highest BCUT2D eigenvalue weighted by atomic mass is 35.5. The summed E-state index contributed by atoms with van der Waals surface area (Å²) in [5.41, 5.74) is 18.0. The van der Waals surface area contributed by atoms with Gasteiger partial charge in [0.2, 0.25) is 44.3 Å². The maximum atomic E-state index is 12.8. The van der Waals surface area contributed by atoms with Gasteiger partial charge in [0.25, 0.3) is 0 Å². The number of hydrogen-bond donors (Lipinski definition) is 4. The molecule has 7 N–H and O–H groups in total. The minimum absolute atomic E-state index is 0.0272. The number of nitrogens with zero attached hydrogens (tertiary/aromatic N) is 6. The highest BCUT2D eigenvalue weighted by Crippen LogP contribution is 2.28.